The number of nitrogens with one attached hydrogen (secondary N) is 4. The number of alkyl halides is 3. The summed E-state index contributed by atoms with van der Waals surface area (Å²) in [6, 6.07) is 25.7. The number of carbonyl (C=O) groups is 5. The van der Waals surface area contributed by atoms with E-state index in [4.69, 9.17) is 0 Å². The maximum atomic E-state index is 13.9. The number of halogens is 3. The first kappa shape index (κ1) is 53.4. The van der Waals surface area contributed by atoms with Gasteiger partial charge in [0.25, 0.3) is 11.8 Å². The van der Waals surface area contributed by atoms with Crippen LogP contribution in [0.1, 0.15) is 85.9 Å². The predicted octanol–water partition coefficient (Wildman–Crippen LogP) is 7.23. The Kier molecular flexibility index (Phi) is 16.7. The van der Waals surface area contributed by atoms with E-state index in [9.17, 15) is 57.5 Å². The number of nitro benzene ring substituents is 1. The lowest BCUT2D eigenvalue weighted by molar-refractivity contribution is -0.386. The zero-order valence-corrected chi connectivity index (χ0v) is 40.2. The molecule has 5 aromatic rings. The Morgan fingerprint density at radius 1 is 0.760 bits per heavy atom. The molecule has 2 aliphatic heterocycles. The molecule has 75 heavy (non-hydrogen) atoms. The van der Waals surface area contributed by atoms with Crippen molar-refractivity contribution in [2.24, 2.45) is 30.7 Å². The van der Waals surface area contributed by atoms with Gasteiger partial charge in [-0.3, -0.25) is 44.9 Å². The van der Waals surface area contributed by atoms with Crippen LogP contribution in [-0.4, -0.2) is 105 Å². The molecule has 0 atom stereocenters. The fourth-order valence-electron chi connectivity index (χ4n) is 7.45. The third kappa shape index (κ3) is 13.6. The van der Waals surface area contributed by atoms with Crippen molar-refractivity contribution in [2.75, 3.05) is 33.2 Å². The van der Waals surface area contributed by atoms with Crippen molar-refractivity contribution in [3.05, 3.63) is 158 Å². The molecule has 0 bridgehead atoms. The van der Waals surface area contributed by atoms with Crippen LogP contribution < -0.4 is 21.5 Å². The van der Waals surface area contributed by atoms with E-state index >= 15 is 0 Å². The summed E-state index contributed by atoms with van der Waals surface area (Å²) in [6.07, 6.45) is -2.83. The maximum Gasteiger partial charge on any atom is 0.442 e. The normalized spacial score (nSPS) is 13.4. The van der Waals surface area contributed by atoms with Gasteiger partial charge in [-0.2, -0.15) is 33.6 Å². The quantitative estimate of drug-likeness (QED) is 0.0100. The van der Waals surface area contributed by atoms with Gasteiger partial charge in [-0.05, 0) is 79.9 Å². The number of benzene rings is 5. The lowest BCUT2D eigenvalue weighted by Crippen LogP contribution is -2.44. The molecule has 0 radical (unpaired) electrons. The molecule has 0 fully saturated rings. The highest BCUT2D eigenvalue weighted by Gasteiger charge is 2.65. The predicted molar refractivity (Wildman–Crippen MR) is 264 cm³/mol. The molecule has 0 unspecified atom stereocenters. The first-order valence-electron chi connectivity index (χ1n) is 23.1. The van der Waals surface area contributed by atoms with Crippen LogP contribution in [0.15, 0.2) is 140 Å². The SMILES string of the molecule is CC1=NNC(c2ccc(C(=O)NCCN(CC(=O)NCCCCCC(=O)N(C)Cc3ccc(C(=O)c4cc(O)c(O)c([N+](=O)[O-])c4)cc3)C(=O)c3ccc(N=Nc4ccc(C5(C(F)(F)F)N=N5)cc4)cc3)cc2)=NN1. The van der Waals surface area contributed by atoms with Gasteiger partial charge in [0.05, 0.1) is 22.8 Å². The number of nitrogens with zero attached hydrogens (tertiary/aromatic N) is 9. The Bertz CT molecular complexity index is 3090. The monoisotopic (exact) mass is 1030 g/mol. The molecule has 0 saturated carbocycles. The number of rotatable bonds is 22. The number of azo groups is 1. The Hall–Kier alpha value is -9.42. The van der Waals surface area contributed by atoms with Gasteiger partial charge in [0.1, 0.15) is 5.84 Å². The van der Waals surface area contributed by atoms with Crippen LogP contribution in [0.3, 0.4) is 0 Å². The van der Waals surface area contributed by atoms with Gasteiger partial charge in [-0.15, -0.1) is 10.2 Å². The second-order valence-electron chi connectivity index (χ2n) is 17.2. The zero-order valence-electron chi connectivity index (χ0n) is 40.2. The minimum absolute atomic E-state index is 0.0156. The summed E-state index contributed by atoms with van der Waals surface area (Å²) < 4.78 is 40.2. The number of hydrogen-bond acceptors (Lipinski definition) is 17. The molecule has 6 N–H and O–H groups in total. The lowest BCUT2D eigenvalue weighted by atomic mass is 10.0. The molecule has 0 aromatic heterocycles. The molecule has 5 aromatic carbocycles. The van der Waals surface area contributed by atoms with Crippen LogP contribution in [0.5, 0.6) is 11.5 Å². The van der Waals surface area contributed by atoms with Gasteiger partial charge in [-0.25, -0.2) is 0 Å². The van der Waals surface area contributed by atoms with Crippen LogP contribution in [0, 0.1) is 10.1 Å². The zero-order chi connectivity index (χ0) is 53.9. The highest BCUT2D eigenvalue weighted by Crippen LogP contribution is 2.52. The third-order valence-electron chi connectivity index (χ3n) is 11.7. The maximum absolute atomic E-state index is 13.9. The number of phenols is 2. The summed E-state index contributed by atoms with van der Waals surface area (Å²) in [5, 5.41) is 59.3. The molecule has 7 rings (SSSR count). The smallest absolute Gasteiger partial charge is 0.442 e. The summed E-state index contributed by atoms with van der Waals surface area (Å²) >= 11 is 0. The molecule has 0 aliphatic carbocycles. The van der Waals surface area contributed by atoms with Crippen LogP contribution >= 0.6 is 0 Å². The number of hydrogen-bond donors (Lipinski definition) is 6. The van der Waals surface area contributed by atoms with Crippen LogP contribution in [0.2, 0.25) is 0 Å². The van der Waals surface area contributed by atoms with Crippen molar-refractivity contribution < 1.29 is 52.3 Å². The van der Waals surface area contributed by atoms with Crippen molar-refractivity contribution in [1.82, 2.24) is 31.3 Å². The Morgan fingerprint density at radius 2 is 1.39 bits per heavy atom. The third-order valence-corrected chi connectivity index (χ3v) is 11.7. The number of amides is 4. The van der Waals surface area contributed by atoms with Gasteiger partial charge in [0.2, 0.25) is 17.6 Å². The molecular formula is C50H48F3N13O9. The fourth-order valence-corrected chi connectivity index (χ4v) is 7.45. The minimum Gasteiger partial charge on any atom is -0.504 e. The average Bonchev–Trinajstić information content (AvgIpc) is 4.24. The van der Waals surface area contributed by atoms with Crippen molar-refractivity contribution in [3.8, 4) is 11.5 Å². The molecule has 0 saturated heterocycles. The number of carbonyl (C=O) groups excluding carboxylic acids is 5. The van der Waals surface area contributed by atoms with Crippen LogP contribution in [-0.2, 0) is 21.8 Å². The van der Waals surface area contributed by atoms with Gasteiger partial charge >= 0.3 is 17.5 Å². The van der Waals surface area contributed by atoms with Gasteiger partial charge < -0.3 is 30.6 Å². The molecule has 25 heteroatoms. The fraction of sp³-hybridized carbons (Fsp3) is 0.260. The number of nitro groups is 1. The van der Waals surface area contributed by atoms with E-state index in [2.05, 4.69) is 52.1 Å². The summed E-state index contributed by atoms with van der Waals surface area (Å²) in [6.45, 7) is 1.79. The first-order valence-corrected chi connectivity index (χ1v) is 23.1. The topological polar surface area (TPSA) is 298 Å². The molecule has 22 nitrogen and oxygen atoms in total. The molecular weight excluding hydrogens is 984 g/mol. The lowest BCUT2D eigenvalue weighted by Gasteiger charge is -2.23. The van der Waals surface area contributed by atoms with E-state index in [1.54, 1.807) is 50.4 Å². The molecule has 388 valence electrons. The highest BCUT2D eigenvalue weighted by atomic mass is 19.4. The van der Waals surface area contributed by atoms with Crippen molar-refractivity contribution in [1.29, 1.82) is 0 Å². The van der Waals surface area contributed by atoms with E-state index in [1.165, 1.54) is 70.5 Å². The Morgan fingerprint density at radius 3 is 1.99 bits per heavy atom. The van der Waals surface area contributed by atoms with E-state index < -0.39 is 57.5 Å². The number of phenolic OH excluding ortho intramolecular Hbond substituents is 2. The van der Waals surface area contributed by atoms with E-state index in [0.717, 1.165) is 12.1 Å². The van der Waals surface area contributed by atoms with Gasteiger partial charge in [0.15, 0.2) is 17.4 Å². The Labute approximate surface area is 425 Å². The Balaban J connectivity index is 0.886. The summed E-state index contributed by atoms with van der Waals surface area (Å²) in [7, 11) is 1.63. The largest absolute Gasteiger partial charge is 0.504 e. The molecule has 2 aliphatic rings. The van der Waals surface area contributed by atoms with Crippen molar-refractivity contribution >= 4 is 58.1 Å². The van der Waals surface area contributed by atoms with Crippen molar-refractivity contribution in [3.63, 3.8) is 0 Å². The summed E-state index contributed by atoms with van der Waals surface area (Å²) in [5.41, 5.74) is 4.53. The molecule has 4 amide bonds. The van der Waals surface area contributed by atoms with E-state index in [-0.39, 0.29) is 73.0 Å². The minimum atomic E-state index is -4.67. The first-order chi connectivity index (χ1) is 35.8. The van der Waals surface area contributed by atoms with Gasteiger partial charge in [-0.1, -0.05) is 55.0 Å². The molecule has 0 spiro atoms. The molecule has 2 heterocycles. The van der Waals surface area contributed by atoms with E-state index in [0.29, 0.717) is 53.3 Å². The number of unbranched alkanes of at least 4 members (excludes halogenated alkanes) is 2. The number of hydrazone groups is 2. The average molecular weight is 1030 g/mol. The number of aromatic hydroxyl groups is 2. The van der Waals surface area contributed by atoms with E-state index in [1.807, 2.05) is 0 Å². The summed E-state index contributed by atoms with van der Waals surface area (Å²) in [4.78, 5) is 79.3. The van der Waals surface area contributed by atoms with Crippen LogP contribution in [0.4, 0.5) is 30.2 Å². The number of ketones is 1. The number of amidine groups is 2. The highest BCUT2D eigenvalue weighted by molar-refractivity contribution is 6.10. The van der Waals surface area contributed by atoms with Crippen molar-refractivity contribution in [2.45, 2.75) is 51.0 Å². The summed E-state index contributed by atoms with van der Waals surface area (Å²) in [5.74, 6) is -2.89. The van der Waals surface area contributed by atoms with Crippen LogP contribution in [0.25, 0.3) is 0 Å². The van der Waals surface area contributed by atoms with Gasteiger partial charge in [0, 0.05) is 79.1 Å². The second kappa shape index (κ2) is 23.4. The second-order valence-corrected chi connectivity index (χ2v) is 17.2. The standard InChI is InChI=1S/C50H48F3N13O9/c1-30-56-60-46(61-57-30)33-11-13-34(14-12-33)47(72)55-24-25-65(48(73)35-15-19-38(20-16-35)58-59-39-21-17-37(18-22-39)49(62-63-49)50(51,52)53)29-42(68)54-23-5-3-4-6-43(69)64(2)28-31-7-9-32(10-8-31)44(70)36-26-40(66(74)75)45(71)41(67)27-36/h7-22,26-27,67,71H,3-6,23-25,28-29H2,1-2H3,(H,54,68)(H,55,72)(H,56,57)(H,60,61).